The van der Waals surface area contributed by atoms with Crippen molar-refractivity contribution >= 4 is 40.8 Å². The summed E-state index contributed by atoms with van der Waals surface area (Å²) in [6.45, 7) is 0. The Labute approximate surface area is 98.4 Å². The van der Waals surface area contributed by atoms with E-state index in [9.17, 15) is 13.6 Å². The van der Waals surface area contributed by atoms with Crippen LogP contribution in [0.15, 0.2) is 12.1 Å². The molecule has 0 amide bonds. The van der Waals surface area contributed by atoms with Crippen LogP contribution >= 0.6 is 34.8 Å². The Bertz CT molecular complexity index is 421. The number of rotatable bonds is 2. The van der Waals surface area contributed by atoms with E-state index in [4.69, 9.17) is 39.9 Å². The number of carbonyl (C=O) groups is 1. The predicted octanol–water partition coefficient (Wildman–Crippen LogP) is 3.82. The molecule has 0 spiro atoms. The maximum atomic E-state index is 13.1. The van der Waals surface area contributed by atoms with Crippen molar-refractivity contribution in [1.82, 2.24) is 0 Å². The number of aliphatic carboxylic acids is 1. The van der Waals surface area contributed by atoms with Crippen molar-refractivity contribution in [3.05, 3.63) is 32.8 Å². The highest BCUT2D eigenvalue weighted by Crippen LogP contribution is 2.40. The van der Waals surface area contributed by atoms with Gasteiger partial charge < -0.3 is 5.11 Å². The quantitative estimate of drug-likeness (QED) is 0.833. The molecule has 0 unspecified atom stereocenters. The van der Waals surface area contributed by atoms with Crippen molar-refractivity contribution in [3.63, 3.8) is 0 Å². The molecule has 0 aliphatic carbocycles. The SMILES string of the molecule is O=C(O)C(F)(F)c1ccc(Cl)c(Cl)c1Cl. The van der Waals surface area contributed by atoms with Crippen molar-refractivity contribution in [2.24, 2.45) is 0 Å². The number of hydrogen-bond donors (Lipinski definition) is 1. The van der Waals surface area contributed by atoms with E-state index in [2.05, 4.69) is 0 Å². The van der Waals surface area contributed by atoms with Gasteiger partial charge in [0.2, 0.25) is 0 Å². The third-order valence-electron chi connectivity index (χ3n) is 1.64. The molecule has 0 aromatic heterocycles. The van der Waals surface area contributed by atoms with Gasteiger partial charge in [-0.25, -0.2) is 4.79 Å². The Hall–Kier alpha value is -0.580. The molecule has 0 atom stereocenters. The normalized spacial score (nSPS) is 11.5. The van der Waals surface area contributed by atoms with E-state index in [1.165, 1.54) is 0 Å². The minimum absolute atomic E-state index is 0.0217. The molecule has 1 aromatic carbocycles. The second-order valence-corrected chi connectivity index (χ2v) is 3.77. The summed E-state index contributed by atoms with van der Waals surface area (Å²) in [5.74, 6) is -6.39. The van der Waals surface area contributed by atoms with E-state index in [-0.39, 0.29) is 10.0 Å². The average Bonchev–Trinajstić information content (AvgIpc) is 2.13. The molecule has 2 nitrogen and oxygen atoms in total. The van der Waals surface area contributed by atoms with E-state index in [1.54, 1.807) is 0 Å². The van der Waals surface area contributed by atoms with Crippen LogP contribution in [0.4, 0.5) is 8.78 Å². The molecule has 1 aromatic rings. The molecule has 0 saturated carbocycles. The molecule has 7 heteroatoms. The van der Waals surface area contributed by atoms with Crippen LogP contribution in [0.5, 0.6) is 0 Å². The van der Waals surface area contributed by atoms with Crippen LogP contribution in [0.3, 0.4) is 0 Å². The second kappa shape index (κ2) is 4.12. The Morgan fingerprint density at radius 3 is 2.20 bits per heavy atom. The summed E-state index contributed by atoms with van der Waals surface area (Å²) in [6.07, 6.45) is 0. The molecule has 0 saturated heterocycles. The zero-order chi connectivity index (χ0) is 11.8. The fraction of sp³-hybridized carbons (Fsp3) is 0.125. The summed E-state index contributed by atoms with van der Waals surface area (Å²) in [7, 11) is 0. The lowest BCUT2D eigenvalue weighted by Gasteiger charge is -2.14. The van der Waals surface area contributed by atoms with Gasteiger partial charge >= 0.3 is 11.9 Å². The number of alkyl halides is 2. The van der Waals surface area contributed by atoms with Crippen molar-refractivity contribution in [2.75, 3.05) is 0 Å². The first-order valence-electron chi connectivity index (χ1n) is 3.53. The Morgan fingerprint density at radius 1 is 1.20 bits per heavy atom. The van der Waals surface area contributed by atoms with Gasteiger partial charge in [0, 0.05) is 0 Å². The van der Waals surface area contributed by atoms with Crippen LogP contribution in [0.25, 0.3) is 0 Å². The fourth-order valence-electron chi connectivity index (χ4n) is 0.884. The highest BCUT2D eigenvalue weighted by molar-refractivity contribution is 6.48. The zero-order valence-electron chi connectivity index (χ0n) is 6.90. The summed E-state index contributed by atoms with van der Waals surface area (Å²) in [6, 6.07) is 1.88. The van der Waals surface area contributed by atoms with Gasteiger partial charge in [-0.2, -0.15) is 8.78 Å². The second-order valence-electron chi connectivity index (χ2n) is 2.60. The third kappa shape index (κ3) is 2.17. The molecule has 0 radical (unpaired) electrons. The van der Waals surface area contributed by atoms with Gasteiger partial charge in [0.15, 0.2) is 0 Å². The Balaban J connectivity index is 3.40. The summed E-state index contributed by atoms with van der Waals surface area (Å²) in [5, 5.41) is 7.42. The first-order valence-corrected chi connectivity index (χ1v) is 4.67. The van der Waals surface area contributed by atoms with Gasteiger partial charge in [-0.15, -0.1) is 0 Å². The summed E-state index contributed by atoms with van der Waals surface area (Å²) < 4.78 is 26.1. The number of carboxylic acids is 1. The van der Waals surface area contributed by atoms with Crippen molar-refractivity contribution in [3.8, 4) is 0 Å². The summed E-state index contributed by atoms with van der Waals surface area (Å²) in [4.78, 5) is 10.3. The van der Waals surface area contributed by atoms with Crippen molar-refractivity contribution < 1.29 is 18.7 Å². The van der Waals surface area contributed by atoms with Gasteiger partial charge in [-0.05, 0) is 12.1 Å². The minimum Gasteiger partial charge on any atom is -0.477 e. The lowest BCUT2D eigenvalue weighted by atomic mass is 10.1. The summed E-state index contributed by atoms with van der Waals surface area (Å²) in [5.41, 5.74) is -0.883. The minimum atomic E-state index is -4.09. The van der Waals surface area contributed by atoms with Gasteiger partial charge in [-0.1, -0.05) is 34.8 Å². The van der Waals surface area contributed by atoms with E-state index >= 15 is 0 Å². The molecule has 0 bridgehead atoms. The van der Waals surface area contributed by atoms with E-state index in [0.29, 0.717) is 0 Å². The van der Waals surface area contributed by atoms with E-state index in [0.717, 1.165) is 12.1 Å². The van der Waals surface area contributed by atoms with Crippen LogP contribution in [0.2, 0.25) is 15.1 Å². The van der Waals surface area contributed by atoms with Gasteiger partial charge in [0.25, 0.3) is 0 Å². The number of carboxylic acid groups (broad SMARTS) is 1. The highest BCUT2D eigenvalue weighted by atomic mass is 35.5. The van der Waals surface area contributed by atoms with Crippen LogP contribution in [-0.2, 0) is 10.7 Å². The number of benzene rings is 1. The smallest absolute Gasteiger partial charge is 0.379 e. The van der Waals surface area contributed by atoms with Crippen LogP contribution < -0.4 is 0 Å². The van der Waals surface area contributed by atoms with Crippen molar-refractivity contribution in [1.29, 1.82) is 0 Å². The molecule has 82 valence electrons. The molecule has 1 N–H and O–H groups in total. The molecule has 1 rings (SSSR count). The standard InChI is InChI=1S/C8H3Cl3F2O2/c9-4-2-1-3(5(10)6(4)11)8(12,13)7(14)15/h1-2H,(H,14,15). The number of hydrogen-bond acceptors (Lipinski definition) is 1. The maximum Gasteiger partial charge on any atom is 0.379 e. The largest absolute Gasteiger partial charge is 0.477 e. The first-order chi connectivity index (χ1) is 6.78. The fourth-order valence-corrected chi connectivity index (χ4v) is 1.54. The van der Waals surface area contributed by atoms with Crippen LogP contribution in [0, 0.1) is 0 Å². The number of halogens is 5. The summed E-state index contributed by atoms with van der Waals surface area (Å²) >= 11 is 16.5. The van der Waals surface area contributed by atoms with E-state index < -0.39 is 22.5 Å². The topological polar surface area (TPSA) is 37.3 Å². The molecule has 0 heterocycles. The average molecular weight is 275 g/mol. The van der Waals surface area contributed by atoms with E-state index in [1.807, 2.05) is 0 Å². The van der Waals surface area contributed by atoms with Crippen LogP contribution in [0.1, 0.15) is 5.56 Å². The van der Waals surface area contributed by atoms with Gasteiger partial charge in [0.1, 0.15) is 0 Å². The monoisotopic (exact) mass is 274 g/mol. The molecule has 0 aliphatic heterocycles. The lowest BCUT2D eigenvalue weighted by molar-refractivity contribution is -0.166. The van der Waals surface area contributed by atoms with Crippen molar-refractivity contribution in [2.45, 2.75) is 5.92 Å². The van der Waals surface area contributed by atoms with Gasteiger partial charge in [-0.3, -0.25) is 0 Å². The maximum absolute atomic E-state index is 13.1. The molecule has 0 aliphatic rings. The Kier molecular flexibility index (Phi) is 3.43. The predicted molar refractivity (Wildman–Crippen MR) is 53.0 cm³/mol. The molecule has 15 heavy (non-hydrogen) atoms. The van der Waals surface area contributed by atoms with Gasteiger partial charge in [0.05, 0.1) is 20.6 Å². The van der Waals surface area contributed by atoms with Crippen LogP contribution in [-0.4, -0.2) is 11.1 Å². The molecular formula is C8H3Cl3F2O2. The highest BCUT2D eigenvalue weighted by Gasteiger charge is 2.43. The zero-order valence-corrected chi connectivity index (χ0v) is 9.17. The first kappa shape index (κ1) is 12.5. The molecular weight excluding hydrogens is 272 g/mol. The Morgan fingerprint density at radius 2 is 1.73 bits per heavy atom. The third-order valence-corrected chi connectivity index (χ3v) is 2.94. The molecule has 0 fully saturated rings. The lowest BCUT2D eigenvalue weighted by Crippen LogP contribution is -2.25.